The normalized spacial score (nSPS) is 11.8. The van der Waals surface area contributed by atoms with Crippen molar-refractivity contribution in [2.75, 3.05) is 10.6 Å². The number of nitrogens with one attached hydrogen (secondary N) is 4. The van der Waals surface area contributed by atoms with Crippen LogP contribution in [-0.2, 0) is 9.59 Å². The number of aromatic amines is 2. The van der Waals surface area contributed by atoms with Gasteiger partial charge in [-0.3, -0.25) is 19.2 Å². The fraction of sp³-hybridized carbons (Fsp3) is 0.0800. The first-order valence-corrected chi connectivity index (χ1v) is 10.9. The van der Waals surface area contributed by atoms with Crippen LogP contribution in [0, 0.1) is 0 Å². The number of carbonyl (C=O) groups is 4. The van der Waals surface area contributed by atoms with Gasteiger partial charge in [-0.2, -0.15) is 10.2 Å². The summed E-state index contributed by atoms with van der Waals surface area (Å²) in [6.07, 6.45) is 0. The van der Waals surface area contributed by atoms with Gasteiger partial charge in [-0.05, 0) is 73.7 Å². The van der Waals surface area contributed by atoms with Crippen molar-refractivity contribution < 1.29 is 19.2 Å². The molecular formula is C25H21N7O5. The number of fused-ring (bicyclic) bond motifs is 1. The Morgan fingerprint density at radius 1 is 0.811 bits per heavy atom. The molecule has 4 rings (SSSR count). The molecule has 37 heavy (non-hydrogen) atoms. The standard InChI is InChI=1S/C25H21N7O5/c1-13(33)21(24(36)28-18-10-11-19-20(12-18)30-25(37)29-19)32-31-17-8-4-15(5-9-17)23(35)27-16-6-2-14(3-7-16)22(26)34/h2-12,21H,1H3,(H2,26,34)(H,27,35)(H,28,36)(H2,29,30,37)/t21-/m0/s1. The molecule has 1 atom stereocenters. The van der Waals surface area contributed by atoms with E-state index in [2.05, 4.69) is 30.8 Å². The van der Waals surface area contributed by atoms with Crippen LogP contribution in [0.2, 0.25) is 0 Å². The molecule has 0 aliphatic heterocycles. The number of Topliss-reactive ketones (excluding diaryl/α,β-unsaturated/α-hetero) is 1. The van der Waals surface area contributed by atoms with E-state index >= 15 is 0 Å². The highest BCUT2D eigenvalue weighted by Gasteiger charge is 2.23. The number of rotatable bonds is 8. The zero-order chi connectivity index (χ0) is 26.5. The van der Waals surface area contributed by atoms with E-state index in [0.717, 1.165) is 0 Å². The second-order valence-electron chi connectivity index (χ2n) is 8.00. The maximum Gasteiger partial charge on any atom is 0.323 e. The molecule has 0 aliphatic rings. The molecule has 0 saturated carbocycles. The Kier molecular flexibility index (Phi) is 7.00. The number of carbonyl (C=O) groups excluding carboxylic acids is 4. The third-order valence-corrected chi connectivity index (χ3v) is 5.26. The van der Waals surface area contributed by atoms with Gasteiger partial charge in [0.2, 0.25) is 11.9 Å². The Labute approximate surface area is 209 Å². The number of imidazole rings is 1. The summed E-state index contributed by atoms with van der Waals surface area (Å²) in [7, 11) is 0. The number of benzene rings is 3. The van der Waals surface area contributed by atoms with Crippen LogP contribution in [0.3, 0.4) is 0 Å². The number of nitrogens with two attached hydrogens (primary N) is 1. The molecule has 0 unspecified atom stereocenters. The minimum atomic E-state index is -1.40. The Morgan fingerprint density at radius 3 is 2.08 bits per heavy atom. The summed E-state index contributed by atoms with van der Waals surface area (Å²) in [6, 6.07) is 15.5. The number of aromatic nitrogens is 2. The fourth-order valence-corrected chi connectivity index (χ4v) is 3.36. The van der Waals surface area contributed by atoms with Crippen molar-refractivity contribution in [3.8, 4) is 0 Å². The first-order valence-electron chi connectivity index (χ1n) is 10.9. The molecule has 6 N–H and O–H groups in total. The lowest BCUT2D eigenvalue weighted by atomic mass is 10.1. The summed E-state index contributed by atoms with van der Waals surface area (Å²) < 4.78 is 0. The third-order valence-electron chi connectivity index (χ3n) is 5.26. The molecule has 4 aromatic rings. The van der Waals surface area contributed by atoms with Gasteiger partial charge < -0.3 is 26.3 Å². The molecule has 0 spiro atoms. The van der Waals surface area contributed by atoms with Crippen molar-refractivity contribution in [2.45, 2.75) is 13.0 Å². The zero-order valence-corrected chi connectivity index (χ0v) is 19.4. The molecular weight excluding hydrogens is 478 g/mol. The highest BCUT2D eigenvalue weighted by atomic mass is 16.2. The summed E-state index contributed by atoms with van der Waals surface area (Å²) in [4.78, 5) is 64.9. The van der Waals surface area contributed by atoms with E-state index in [4.69, 9.17) is 5.73 Å². The third kappa shape index (κ3) is 6.00. The second-order valence-corrected chi connectivity index (χ2v) is 8.00. The summed E-state index contributed by atoms with van der Waals surface area (Å²) in [6.45, 7) is 1.22. The molecule has 1 heterocycles. The van der Waals surface area contributed by atoms with E-state index in [9.17, 15) is 24.0 Å². The molecule has 3 amide bonds. The fourth-order valence-electron chi connectivity index (χ4n) is 3.36. The van der Waals surface area contributed by atoms with Gasteiger partial charge in [0.05, 0.1) is 16.7 Å². The van der Waals surface area contributed by atoms with Crippen molar-refractivity contribution in [1.82, 2.24) is 9.97 Å². The predicted octanol–water partition coefficient (Wildman–Crippen LogP) is 2.89. The number of hydrogen-bond donors (Lipinski definition) is 5. The van der Waals surface area contributed by atoms with Crippen LogP contribution < -0.4 is 22.1 Å². The Morgan fingerprint density at radius 2 is 1.43 bits per heavy atom. The van der Waals surface area contributed by atoms with Gasteiger partial charge in [0.1, 0.15) is 0 Å². The zero-order valence-electron chi connectivity index (χ0n) is 19.4. The van der Waals surface area contributed by atoms with E-state index in [1.54, 1.807) is 30.3 Å². The monoisotopic (exact) mass is 499 g/mol. The van der Waals surface area contributed by atoms with Gasteiger partial charge in [-0.25, -0.2) is 4.79 Å². The minimum absolute atomic E-state index is 0.323. The van der Waals surface area contributed by atoms with Gasteiger partial charge in [-0.1, -0.05) is 0 Å². The van der Waals surface area contributed by atoms with Crippen LogP contribution >= 0.6 is 0 Å². The Hall–Kier alpha value is -5.39. The summed E-state index contributed by atoms with van der Waals surface area (Å²) in [5, 5.41) is 13.1. The molecule has 12 heteroatoms. The number of azo groups is 1. The van der Waals surface area contributed by atoms with Crippen LogP contribution in [0.5, 0.6) is 0 Å². The highest BCUT2D eigenvalue weighted by Crippen LogP contribution is 2.18. The van der Waals surface area contributed by atoms with Gasteiger partial charge in [-0.15, -0.1) is 0 Å². The number of ketones is 1. The number of H-pyrrole nitrogens is 2. The largest absolute Gasteiger partial charge is 0.366 e. The molecule has 186 valence electrons. The SMILES string of the molecule is CC(=O)[C@H](N=Nc1ccc(C(=O)Nc2ccc(C(N)=O)cc2)cc1)C(=O)Nc1ccc2[nH]c(=O)[nH]c2c1. The molecule has 12 nitrogen and oxygen atoms in total. The van der Waals surface area contributed by atoms with Crippen LogP contribution in [0.25, 0.3) is 11.0 Å². The number of primary amides is 1. The topological polar surface area (TPSA) is 192 Å². The van der Waals surface area contributed by atoms with E-state index in [1.165, 1.54) is 43.3 Å². The molecule has 0 aliphatic carbocycles. The van der Waals surface area contributed by atoms with Crippen LogP contribution in [0.1, 0.15) is 27.6 Å². The summed E-state index contributed by atoms with van der Waals surface area (Å²) >= 11 is 0. The van der Waals surface area contributed by atoms with E-state index in [0.29, 0.717) is 39.2 Å². The van der Waals surface area contributed by atoms with Crippen molar-refractivity contribution in [3.63, 3.8) is 0 Å². The number of anilines is 2. The Bertz CT molecular complexity index is 1580. The average Bonchev–Trinajstić information content (AvgIpc) is 3.24. The quantitative estimate of drug-likeness (QED) is 0.183. The smallest absolute Gasteiger partial charge is 0.323 e. The molecule has 1 aromatic heterocycles. The first kappa shape index (κ1) is 24.7. The number of hydrogen-bond acceptors (Lipinski definition) is 7. The molecule has 0 fully saturated rings. The van der Waals surface area contributed by atoms with Gasteiger partial charge in [0.25, 0.3) is 11.8 Å². The maximum absolute atomic E-state index is 12.6. The van der Waals surface area contributed by atoms with Gasteiger partial charge in [0.15, 0.2) is 5.78 Å². The summed E-state index contributed by atoms with van der Waals surface area (Å²) in [5.74, 6) is -2.16. The van der Waals surface area contributed by atoms with Crippen LogP contribution in [0.15, 0.2) is 81.8 Å². The van der Waals surface area contributed by atoms with Crippen LogP contribution in [-0.4, -0.2) is 39.5 Å². The van der Waals surface area contributed by atoms with E-state index in [1.807, 2.05) is 0 Å². The molecule has 0 saturated heterocycles. The van der Waals surface area contributed by atoms with Gasteiger partial charge >= 0.3 is 5.69 Å². The minimum Gasteiger partial charge on any atom is -0.366 e. The van der Waals surface area contributed by atoms with Crippen LogP contribution in [0.4, 0.5) is 17.1 Å². The predicted molar refractivity (Wildman–Crippen MR) is 136 cm³/mol. The van der Waals surface area contributed by atoms with Crippen molar-refractivity contribution >= 4 is 51.6 Å². The Balaban J connectivity index is 1.40. The summed E-state index contributed by atoms with van der Waals surface area (Å²) in [5.41, 5.74) is 7.73. The molecule has 0 bridgehead atoms. The van der Waals surface area contributed by atoms with E-state index in [-0.39, 0.29) is 5.69 Å². The van der Waals surface area contributed by atoms with Crippen molar-refractivity contribution in [3.05, 3.63) is 88.3 Å². The lowest BCUT2D eigenvalue weighted by molar-refractivity contribution is -0.126. The highest BCUT2D eigenvalue weighted by molar-refractivity contribution is 6.10. The lowest BCUT2D eigenvalue weighted by Crippen LogP contribution is -2.31. The van der Waals surface area contributed by atoms with Gasteiger partial charge in [0, 0.05) is 22.5 Å². The van der Waals surface area contributed by atoms with Crippen molar-refractivity contribution in [1.29, 1.82) is 0 Å². The van der Waals surface area contributed by atoms with Crippen molar-refractivity contribution in [2.24, 2.45) is 16.0 Å². The average molecular weight is 499 g/mol. The first-order chi connectivity index (χ1) is 17.7. The number of amides is 3. The number of nitrogens with zero attached hydrogens (tertiary/aromatic N) is 2. The maximum atomic E-state index is 12.6. The second kappa shape index (κ2) is 10.5. The lowest BCUT2D eigenvalue weighted by Gasteiger charge is -2.09. The van der Waals surface area contributed by atoms with E-state index < -0.39 is 29.5 Å². The molecule has 3 aromatic carbocycles. The molecule has 0 radical (unpaired) electrons.